The van der Waals surface area contributed by atoms with Crippen LogP contribution < -0.4 is 0 Å². The van der Waals surface area contributed by atoms with Crippen LogP contribution in [0.2, 0.25) is 0 Å². The molecule has 4 nitrogen and oxygen atoms in total. The van der Waals surface area contributed by atoms with Gasteiger partial charge in [-0.2, -0.15) is 0 Å². The topological polar surface area (TPSA) is 52.6 Å². The lowest BCUT2D eigenvalue weighted by Gasteiger charge is -2.04. The minimum absolute atomic E-state index is 0.0771. The number of carbonyl (C=O) groups excluding carboxylic acids is 2. The summed E-state index contributed by atoms with van der Waals surface area (Å²) in [6.45, 7) is 12.4. The molecular weight excluding hydrogens is 256 g/mol. The maximum atomic E-state index is 11.7. The van der Waals surface area contributed by atoms with Gasteiger partial charge in [-0.25, -0.2) is 9.59 Å². The Hall–Kier alpha value is -2.62. The lowest BCUT2D eigenvalue weighted by molar-refractivity contribution is -0.135. The Balaban J connectivity index is 4.65. The van der Waals surface area contributed by atoms with E-state index >= 15 is 0 Å². The minimum Gasteiger partial charge on any atom is -0.465 e. The zero-order valence-corrected chi connectivity index (χ0v) is 11.7. The van der Waals surface area contributed by atoms with Crippen LogP contribution in [0.4, 0.5) is 0 Å². The van der Waals surface area contributed by atoms with Gasteiger partial charge in [0.2, 0.25) is 0 Å². The van der Waals surface area contributed by atoms with Crippen LogP contribution in [-0.2, 0) is 19.1 Å². The first-order valence-corrected chi connectivity index (χ1v) is 5.78. The third-order valence-corrected chi connectivity index (χ3v) is 2.07. The van der Waals surface area contributed by atoms with Gasteiger partial charge in [0.1, 0.15) is 5.76 Å². The summed E-state index contributed by atoms with van der Waals surface area (Å²) in [5.41, 5.74) is 0.419. The van der Waals surface area contributed by atoms with E-state index in [0.29, 0.717) is 5.57 Å². The van der Waals surface area contributed by atoms with Gasteiger partial charge in [-0.05, 0) is 25.2 Å². The molecule has 0 bridgehead atoms. The van der Waals surface area contributed by atoms with E-state index in [-0.39, 0.29) is 11.3 Å². The van der Waals surface area contributed by atoms with Gasteiger partial charge in [0.25, 0.3) is 0 Å². The lowest BCUT2D eigenvalue weighted by Crippen LogP contribution is -2.05. The van der Waals surface area contributed by atoms with Crippen LogP contribution in [0.5, 0.6) is 0 Å². The Kier molecular flexibility index (Phi) is 8.11. The normalized spacial score (nSPS) is 11.4. The molecule has 0 radical (unpaired) electrons. The van der Waals surface area contributed by atoms with E-state index in [1.54, 1.807) is 18.2 Å². The fourth-order valence-corrected chi connectivity index (χ4v) is 1.02. The second kappa shape index (κ2) is 9.33. The van der Waals surface area contributed by atoms with E-state index in [1.165, 1.54) is 25.3 Å². The van der Waals surface area contributed by atoms with Crippen molar-refractivity contribution in [1.29, 1.82) is 0 Å². The highest BCUT2D eigenvalue weighted by atomic mass is 16.5. The molecule has 20 heavy (non-hydrogen) atoms. The zero-order valence-electron chi connectivity index (χ0n) is 11.7. The molecule has 0 heterocycles. The van der Waals surface area contributed by atoms with Crippen LogP contribution in [0.15, 0.2) is 73.1 Å². The van der Waals surface area contributed by atoms with Crippen LogP contribution >= 0.6 is 0 Å². The fraction of sp³-hybridized carbons (Fsp3) is 0.125. The average molecular weight is 274 g/mol. The molecule has 0 rings (SSSR count). The molecule has 0 aliphatic heterocycles. The number of allylic oxidation sites excluding steroid dienone is 4. The molecule has 0 amide bonds. The number of carbonyl (C=O) groups is 2. The Labute approximate surface area is 119 Å². The van der Waals surface area contributed by atoms with E-state index in [9.17, 15) is 9.59 Å². The summed E-state index contributed by atoms with van der Waals surface area (Å²) in [4.78, 5) is 22.8. The Morgan fingerprint density at radius 3 is 2.25 bits per heavy atom. The molecule has 0 N–H and O–H groups in total. The molecular formula is C16H18O4. The summed E-state index contributed by atoms with van der Waals surface area (Å²) in [6.07, 6.45) is 9.12. The fourth-order valence-electron chi connectivity index (χ4n) is 1.02. The largest absolute Gasteiger partial charge is 0.465 e. The summed E-state index contributed by atoms with van der Waals surface area (Å²) in [7, 11) is 1.25. The molecule has 0 unspecified atom stereocenters. The maximum Gasteiger partial charge on any atom is 0.343 e. The molecule has 0 saturated carbocycles. The predicted octanol–water partition coefficient (Wildman–Crippen LogP) is 3.02. The number of methoxy groups -OCH3 is 1. The number of ether oxygens (including phenoxy) is 2. The van der Waals surface area contributed by atoms with Crippen LogP contribution in [0.3, 0.4) is 0 Å². The summed E-state index contributed by atoms with van der Waals surface area (Å²) >= 11 is 0. The van der Waals surface area contributed by atoms with Crippen molar-refractivity contribution < 1.29 is 19.1 Å². The molecule has 4 heteroatoms. The summed E-state index contributed by atoms with van der Waals surface area (Å²) in [5, 5.41) is 0. The van der Waals surface area contributed by atoms with Crippen LogP contribution in [0.1, 0.15) is 6.92 Å². The molecule has 0 spiro atoms. The lowest BCUT2D eigenvalue weighted by atomic mass is 10.2. The predicted molar refractivity (Wildman–Crippen MR) is 78.6 cm³/mol. The molecule has 0 aliphatic rings. The van der Waals surface area contributed by atoms with Crippen LogP contribution in [0.25, 0.3) is 0 Å². The molecule has 0 saturated heterocycles. The van der Waals surface area contributed by atoms with E-state index < -0.39 is 11.9 Å². The van der Waals surface area contributed by atoms with Crippen molar-refractivity contribution in [2.45, 2.75) is 6.92 Å². The van der Waals surface area contributed by atoms with E-state index in [0.717, 1.165) is 0 Å². The SMILES string of the molecule is C=C/C(=C\C=C\C)C(=O)OC(=C)/C=C\C(=C)C(=O)OC. The highest BCUT2D eigenvalue weighted by molar-refractivity contribution is 5.93. The zero-order chi connectivity index (χ0) is 15.5. The van der Waals surface area contributed by atoms with Crippen molar-refractivity contribution in [2.24, 2.45) is 0 Å². The van der Waals surface area contributed by atoms with Crippen molar-refractivity contribution >= 4 is 11.9 Å². The van der Waals surface area contributed by atoms with Crippen LogP contribution in [-0.4, -0.2) is 19.0 Å². The van der Waals surface area contributed by atoms with Gasteiger partial charge in [-0.15, -0.1) is 0 Å². The monoisotopic (exact) mass is 274 g/mol. The first-order valence-electron chi connectivity index (χ1n) is 5.78. The van der Waals surface area contributed by atoms with Gasteiger partial charge < -0.3 is 9.47 Å². The van der Waals surface area contributed by atoms with Gasteiger partial charge >= 0.3 is 11.9 Å². The number of esters is 2. The van der Waals surface area contributed by atoms with Gasteiger partial charge in [0.15, 0.2) is 0 Å². The van der Waals surface area contributed by atoms with Crippen molar-refractivity contribution in [2.75, 3.05) is 7.11 Å². The first-order chi connectivity index (χ1) is 9.46. The van der Waals surface area contributed by atoms with Crippen molar-refractivity contribution in [3.05, 3.63) is 73.1 Å². The van der Waals surface area contributed by atoms with E-state index in [4.69, 9.17) is 4.74 Å². The number of rotatable bonds is 7. The number of hydrogen-bond acceptors (Lipinski definition) is 4. The van der Waals surface area contributed by atoms with Gasteiger partial charge in [-0.3, -0.25) is 0 Å². The third kappa shape index (κ3) is 6.35. The molecule has 0 aromatic rings. The van der Waals surface area contributed by atoms with Crippen molar-refractivity contribution in [3.63, 3.8) is 0 Å². The van der Waals surface area contributed by atoms with E-state index in [1.807, 2.05) is 6.92 Å². The minimum atomic E-state index is -0.587. The van der Waals surface area contributed by atoms with Crippen LogP contribution in [0, 0.1) is 0 Å². The smallest absolute Gasteiger partial charge is 0.343 e. The summed E-state index contributed by atoms with van der Waals surface area (Å²) in [5.74, 6) is -1.08. The van der Waals surface area contributed by atoms with Gasteiger partial charge in [-0.1, -0.05) is 38.0 Å². The standard InChI is InChI=1S/C16H18O4/c1-6-8-9-14(7-2)16(18)20-13(4)11-10-12(3)15(17)19-5/h6-11H,2-4H2,1,5H3/b8-6+,11-10-,14-9+. The first kappa shape index (κ1) is 17.4. The molecule has 0 aromatic heterocycles. The molecule has 0 aliphatic carbocycles. The van der Waals surface area contributed by atoms with Gasteiger partial charge in [0, 0.05) is 0 Å². The second-order valence-electron chi connectivity index (χ2n) is 3.56. The quantitative estimate of drug-likeness (QED) is 0.310. The molecule has 0 fully saturated rings. The molecule has 0 atom stereocenters. The highest BCUT2D eigenvalue weighted by Gasteiger charge is 2.08. The molecule has 0 aromatic carbocycles. The summed E-state index contributed by atoms with van der Waals surface area (Å²) in [6, 6.07) is 0. The van der Waals surface area contributed by atoms with Crippen molar-refractivity contribution in [3.8, 4) is 0 Å². The van der Waals surface area contributed by atoms with Crippen molar-refractivity contribution in [1.82, 2.24) is 0 Å². The van der Waals surface area contributed by atoms with E-state index in [2.05, 4.69) is 24.5 Å². The maximum absolute atomic E-state index is 11.7. The highest BCUT2D eigenvalue weighted by Crippen LogP contribution is 2.07. The number of hydrogen-bond donors (Lipinski definition) is 0. The van der Waals surface area contributed by atoms with Gasteiger partial charge in [0.05, 0.1) is 18.3 Å². The third-order valence-electron chi connectivity index (χ3n) is 2.07. The Morgan fingerprint density at radius 1 is 1.10 bits per heavy atom. The second-order valence-corrected chi connectivity index (χ2v) is 3.56. The Bertz CT molecular complexity index is 505. The summed E-state index contributed by atoms with van der Waals surface area (Å²) < 4.78 is 9.45. The Morgan fingerprint density at radius 2 is 1.75 bits per heavy atom. The average Bonchev–Trinajstić information content (AvgIpc) is 2.44. The molecule has 106 valence electrons.